The van der Waals surface area contributed by atoms with Crippen LogP contribution in [0, 0.1) is 17.8 Å². The largest absolute Gasteiger partial charge is 0.352 e. The zero-order chi connectivity index (χ0) is 19.7. The van der Waals surface area contributed by atoms with Gasteiger partial charge in [-0.15, -0.1) is 10.2 Å². The number of nitrogens with zero attached hydrogens (tertiary/aromatic N) is 4. The molecule has 156 valence electrons. The molecule has 1 aromatic rings. The van der Waals surface area contributed by atoms with E-state index in [9.17, 15) is 4.79 Å². The molecule has 3 unspecified atom stereocenters. The Balaban J connectivity index is 1.36. The van der Waals surface area contributed by atoms with Crippen molar-refractivity contribution < 1.29 is 4.79 Å². The molecule has 1 amide bonds. The summed E-state index contributed by atoms with van der Waals surface area (Å²) in [5.74, 6) is 3.64. The molecule has 3 aliphatic rings. The average Bonchev–Trinajstić information content (AvgIpc) is 3.44. The van der Waals surface area contributed by atoms with Crippen molar-refractivity contribution in [1.82, 2.24) is 20.1 Å². The molecule has 0 aromatic carbocycles. The maximum atomic E-state index is 12.6. The Kier molecular flexibility index (Phi) is 6.18. The van der Waals surface area contributed by atoms with Crippen LogP contribution in [-0.2, 0) is 4.79 Å². The molecular formula is C21H35N5OS. The second kappa shape index (κ2) is 8.64. The molecule has 3 fully saturated rings. The summed E-state index contributed by atoms with van der Waals surface area (Å²) in [4.78, 5) is 15.0. The van der Waals surface area contributed by atoms with Gasteiger partial charge in [0.25, 0.3) is 0 Å². The molecule has 1 aromatic heterocycles. The number of hydrogen-bond acceptors (Lipinski definition) is 5. The van der Waals surface area contributed by atoms with E-state index in [1.54, 1.807) is 11.8 Å². The van der Waals surface area contributed by atoms with Gasteiger partial charge in [-0.25, -0.2) is 0 Å². The van der Waals surface area contributed by atoms with Gasteiger partial charge in [-0.2, -0.15) is 0 Å². The maximum Gasteiger partial charge on any atom is 0.230 e. The molecular weight excluding hydrogens is 370 g/mol. The molecule has 3 atom stereocenters. The molecule has 1 aliphatic heterocycles. The first-order valence-corrected chi connectivity index (χ1v) is 12.1. The highest BCUT2D eigenvalue weighted by molar-refractivity contribution is 7.99. The second-order valence-electron chi connectivity index (χ2n) is 9.28. The maximum absolute atomic E-state index is 12.6. The minimum absolute atomic E-state index is 0.134. The molecule has 0 radical (unpaired) electrons. The number of rotatable bonds is 6. The third-order valence-electron chi connectivity index (χ3n) is 7.01. The van der Waals surface area contributed by atoms with E-state index in [1.165, 1.54) is 38.5 Å². The van der Waals surface area contributed by atoms with E-state index in [2.05, 4.69) is 45.8 Å². The molecule has 7 heteroatoms. The lowest BCUT2D eigenvalue weighted by Gasteiger charge is -2.34. The van der Waals surface area contributed by atoms with Gasteiger partial charge in [0, 0.05) is 25.2 Å². The molecule has 6 nitrogen and oxygen atoms in total. The zero-order valence-corrected chi connectivity index (χ0v) is 18.4. The van der Waals surface area contributed by atoms with E-state index in [1.807, 2.05) is 0 Å². The summed E-state index contributed by atoms with van der Waals surface area (Å²) in [6.07, 6.45) is 8.46. The molecule has 0 bridgehead atoms. The SMILES string of the molecule is CC1CCN(c2nnc(SCC(=O)NC3CCCC(C)C3C)n2C2CC2)CC1. The molecule has 0 spiro atoms. The van der Waals surface area contributed by atoms with Crippen LogP contribution in [0.3, 0.4) is 0 Å². The monoisotopic (exact) mass is 405 g/mol. The van der Waals surface area contributed by atoms with Crippen molar-refractivity contribution in [1.29, 1.82) is 0 Å². The van der Waals surface area contributed by atoms with Gasteiger partial charge in [-0.05, 0) is 49.9 Å². The van der Waals surface area contributed by atoms with Crippen molar-refractivity contribution in [2.45, 2.75) is 83.0 Å². The van der Waals surface area contributed by atoms with Gasteiger partial charge in [-0.3, -0.25) is 9.36 Å². The van der Waals surface area contributed by atoms with E-state index in [-0.39, 0.29) is 5.91 Å². The standard InChI is InChI=1S/C21H35N5OS/c1-14-9-11-25(12-10-14)20-23-24-21(26(20)17-7-8-17)28-13-19(27)22-18-6-4-5-15(2)16(18)3/h14-18H,4-13H2,1-3H3,(H,22,27). The van der Waals surface area contributed by atoms with Crippen molar-refractivity contribution >= 4 is 23.6 Å². The molecule has 2 heterocycles. The molecule has 4 rings (SSSR count). The number of piperidine rings is 1. The van der Waals surface area contributed by atoms with Crippen LogP contribution >= 0.6 is 11.8 Å². The normalized spacial score (nSPS) is 29.1. The van der Waals surface area contributed by atoms with E-state index in [0.29, 0.717) is 29.7 Å². The number of hydrogen-bond donors (Lipinski definition) is 1. The summed E-state index contributed by atoms with van der Waals surface area (Å²) in [6, 6.07) is 0.846. The summed E-state index contributed by atoms with van der Waals surface area (Å²) in [7, 11) is 0. The topological polar surface area (TPSA) is 63.1 Å². The molecule has 2 saturated carbocycles. The number of nitrogens with one attached hydrogen (secondary N) is 1. The van der Waals surface area contributed by atoms with Gasteiger partial charge in [-0.1, -0.05) is 45.4 Å². The van der Waals surface area contributed by atoms with E-state index in [0.717, 1.165) is 36.5 Å². The summed E-state index contributed by atoms with van der Waals surface area (Å²) in [6.45, 7) is 9.04. The lowest BCUT2D eigenvalue weighted by atomic mass is 9.78. The van der Waals surface area contributed by atoms with E-state index < -0.39 is 0 Å². The third kappa shape index (κ3) is 4.50. The quantitative estimate of drug-likeness (QED) is 0.728. The van der Waals surface area contributed by atoms with Gasteiger partial charge < -0.3 is 10.2 Å². The highest BCUT2D eigenvalue weighted by Crippen LogP contribution is 2.41. The first-order chi connectivity index (χ1) is 13.5. The summed E-state index contributed by atoms with van der Waals surface area (Å²) in [5.41, 5.74) is 0. The van der Waals surface area contributed by atoms with Crippen molar-refractivity contribution in [2.75, 3.05) is 23.7 Å². The van der Waals surface area contributed by atoms with Crippen LogP contribution in [0.2, 0.25) is 0 Å². The summed E-state index contributed by atoms with van der Waals surface area (Å²) in [5, 5.41) is 13.2. The minimum atomic E-state index is 0.134. The fourth-order valence-corrected chi connectivity index (χ4v) is 5.42. The van der Waals surface area contributed by atoms with Crippen LogP contribution in [0.25, 0.3) is 0 Å². The summed E-state index contributed by atoms with van der Waals surface area (Å²) < 4.78 is 2.30. The predicted molar refractivity (Wildman–Crippen MR) is 114 cm³/mol. The molecule has 1 saturated heterocycles. The van der Waals surface area contributed by atoms with Gasteiger partial charge in [0.2, 0.25) is 11.9 Å². The fourth-order valence-electron chi connectivity index (χ4n) is 4.61. The van der Waals surface area contributed by atoms with Crippen LogP contribution in [-0.4, -0.2) is 45.6 Å². The number of amides is 1. The van der Waals surface area contributed by atoms with Crippen molar-refractivity contribution in [3.8, 4) is 0 Å². The number of carbonyl (C=O) groups excluding carboxylic acids is 1. The first-order valence-electron chi connectivity index (χ1n) is 11.1. The zero-order valence-electron chi connectivity index (χ0n) is 17.6. The Morgan fingerprint density at radius 2 is 1.82 bits per heavy atom. The van der Waals surface area contributed by atoms with Crippen LogP contribution in [0.15, 0.2) is 5.16 Å². The molecule has 28 heavy (non-hydrogen) atoms. The van der Waals surface area contributed by atoms with Crippen LogP contribution in [0.1, 0.15) is 71.8 Å². The first kappa shape index (κ1) is 20.0. The van der Waals surface area contributed by atoms with Gasteiger partial charge in [0.1, 0.15) is 0 Å². The van der Waals surface area contributed by atoms with Crippen molar-refractivity contribution in [3.05, 3.63) is 0 Å². The van der Waals surface area contributed by atoms with Crippen molar-refractivity contribution in [2.24, 2.45) is 17.8 Å². The van der Waals surface area contributed by atoms with Crippen LogP contribution in [0.5, 0.6) is 0 Å². The van der Waals surface area contributed by atoms with Crippen LogP contribution < -0.4 is 10.2 Å². The van der Waals surface area contributed by atoms with Gasteiger partial charge >= 0.3 is 0 Å². The highest BCUT2D eigenvalue weighted by Gasteiger charge is 2.33. The second-order valence-corrected chi connectivity index (χ2v) is 10.2. The Morgan fingerprint density at radius 1 is 1.07 bits per heavy atom. The summed E-state index contributed by atoms with van der Waals surface area (Å²) >= 11 is 1.55. The lowest BCUT2D eigenvalue weighted by molar-refractivity contribution is -0.120. The van der Waals surface area contributed by atoms with Gasteiger partial charge in [0.15, 0.2) is 5.16 Å². The number of thioether (sulfide) groups is 1. The fraction of sp³-hybridized carbons (Fsp3) is 0.857. The molecule has 2 aliphatic carbocycles. The van der Waals surface area contributed by atoms with Crippen LogP contribution in [0.4, 0.5) is 5.95 Å². The third-order valence-corrected chi connectivity index (χ3v) is 7.95. The average molecular weight is 406 g/mol. The van der Waals surface area contributed by atoms with E-state index >= 15 is 0 Å². The lowest BCUT2D eigenvalue weighted by Crippen LogP contribution is -2.44. The Labute approximate surface area is 173 Å². The van der Waals surface area contributed by atoms with Gasteiger partial charge in [0.05, 0.1) is 5.75 Å². The smallest absolute Gasteiger partial charge is 0.230 e. The van der Waals surface area contributed by atoms with Crippen molar-refractivity contribution in [3.63, 3.8) is 0 Å². The predicted octanol–water partition coefficient (Wildman–Crippen LogP) is 3.88. The Morgan fingerprint density at radius 3 is 2.54 bits per heavy atom. The number of anilines is 1. The Bertz CT molecular complexity index is 680. The number of aromatic nitrogens is 3. The highest BCUT2D eigenvalue weighted by atomic mass is 32.2. The van der Waals surface area contributed by atoms with E-state index in [4.69, 9.17) is 0 Å². The minimum Gasteiger partial charge on any atom is -0.352 e. The molecule has 1 N–H and O–H groups in total. The number of carbonyl (C=O) groups is 1. The Hall–Kier alpha value is -1.24.